The monoisotopic (exact) mass is 910 g/mol. The molecule has 17 nitrogen and oxygen atoms in total. The Morgan fingerprint density at radius 1 is 0.831 bits per heavy atom. The van der Waals surface area contributed by atoms with Crippen LogP contribution in [0.25, 0.3) is 11.0 Å². The summed E-state index contributed by atoms with van der Waals surface area (Å²) < 4.78 is 6.33. The number of aryl methyl sites for hydroxylation is 1. The molecule has 0 bridgehead atoms. The standard InChI is InChI=1S/C47H58N8O9S/c1-47(2,65-27-38(56)57)40(46(63)55-22-10-15-35(55)41(49)58)53-43(60)34(24-29-11-9-21-54(3)26-29)51-45(62)39(30-12-5-4-6-13-30)52-42(59)33(23-28-17-19-32(48)20-18-28)50-44(61)37-25-31-14-7-8-16-36(31)64-37/h7-9,11,14,16-21,25-26,30,33-35,39-40H,4-6,10,12-13,15,22-24,27,48H2,1-3H3,(H6-,49,50,51,52,53,56,57,58,59,60,61,62)/t33-,34-,35-,39-,40+/m0/s1. The third-order valence-corrected chi connectivity index (χ3v) is 13.5. The normalized spacial score (nSPS) is 17.3. The number of fused-ring (bicyclic) bond motifs is 1. The van der Waals surface area contributed by atoms with Crippen LogP contribution in [0, 0.1) is 5.92 Å². The Bertz CT molecular complexity index is 2350. The van der Waals surface area contributed by atoms with Crippen LogP contribution in [0.4, 0.5) is 5.69 Å². The smallest absolute Gasteiger partial charge is 0.287 e. The molecule has 1 aliphatic carbocycles. The Morgan fingerprint density at radius 2 is 1.51 bits per heavy atom. The van der Waals surface area contributed by atoms with Gasteiger partial charge in [-0.25, -0.2) is 4.57 Å². The first kappa shape index (κ1) is 48.0. The van der Waals surface area contributed by atoms with Gasteiger partial charge in [-0.2, -0.15) is 0 Å². The molecule has 1 aliphatic heterocycles. The number of hydrogen-bond acceptors (Lipinski definition) is 11. The van der Waals surface area contributed by atoms with Gasteiger partial charge in [0.15, 0.2) is 18.2 Å². The Morgan fingerprint density at radius 3 is 2.18 bits per heavy atom. The first-order valence-corrected chi connectivity index (χ1v) is 22.9. The molecule has 1 saturated heterocycles. The first-order chi connectivity index (χ1) is 31.0. The molecule has 18 heteroatoms. The maximum Gasteiger partial charge on any atom is 0.287 e. The number of nitrogens with two attached hydrogens (primary N) is 2. The zero-order valence-corrected chi connectivity index (χ0v) is 37.7. The molecule has 2 aromatic carbocycles. The van der Waals surface area contributed by atoms with Gasteiger partial charge in [0.05, 0.1) is 5.97 Å². The second-order valence-electron chi connectivity index (χ2n) is 17.4. The summed E-state index contributed by atoms with van der Waals surface area (Å²) >= 11 is 0.882. The van der Waals surface area contributed by atoms with E-state index >= 15 is 0 Å². The number of aromatic nitrogens is 1. The molecule has 3 heterocycles. The number of pyridine rings is 1. The lowest BCUT2D eigenvalue weighted by atomic mass is 9.83. The number of hydrogen-bond donors (Lipinski definition) is 6. The lowest BCUT2D eigenvalue weighted by Gasteiger charge is -2.38. The predicted molar refractivity (Wildman–Crippen MR) is 241 cm³/mol. The van der Waals surface area contributed by atoms with Crippen molar-refractivity contribution in [3.8, 4) is 0 Å². The minimum atomic E-state index is -1.38. The third-order valence-electron chi connectivity index (χ3n) is 12.1. The van der Waals surface area contributed by atoms with Crippen molar-refractivity contribution in [1.29, 1.82) is 0 Å². The number of nitrogens with zero attached hydrogens (tertiary/aromatic N) is 2. The lowest BCUT2D eigenvalue weighted by molar-refractivity contribution is -0.671. The van der Waals surface area contributed by atoms with E-state index in [4.69, 9.17) is 15.9 Å². The van der Waals surface area contributed by atoms with Crippen molar-refractivity contribution in [1.82, 2.24) is 26.2 Å². The number of primary amides is 1. The average molecular weight is 911 g/mol. The summed E-state index contributed by atoms with van der Waals surface area (Å²) in [7, 11) is 1.80. The van der Waals surface area contributed by atoms with E-state index in [1.807, 2.05) is 6.07 Å². The van der Waals surface area contributed by atoms with E-state index in [1.165, 1.54) is 4.90 Å². The van der Waals surface area contributed by atoms with Crippen LogP contribution in [-0.4, -0.2) is 93.6 Å². The van der Waals surface area contributed by atoms with Crippen molar-refractivity contribution in [3.63, 3.8) is 0 Å². The molecule has 5 atom stereocenters. The zero-order chi connectivity index (χ0) is 46.8. The van der Waals surface area contributed by atoms with Crippen LogP contribution >= 0.6 is 11.8 Å². The highest BCUT2D eigenvalue weighted by Crippen LogP contribution is 2.32. The number of carbonyl (C=O) groups excluding carboxylic acids is 7. The molecule has 65 heavy (non-hydrogen) atoms. The summed E-state index contributed by atoms with van der Waals surface area (Å²) in [6.07, 6.45) is 8.18. The molecular weight excluding hydrogens is 853 g/mol. The van der Waals surface area contributed by atoms with Crippen molar-refractivity contribution in [2.75, 3.05) is 18.0 Å². The first-order valence-electron chi connectivity index (χ1n) is 21.9. The van der Waals surface area contributed by atoms with Crippen LogP contribution < -0.4 is 42.4 Å². The number of nitrogens with one attached hydrogen (secondary N) is 4. The fraction of sp³-hybridized carbons (Fsp3) is 0.447. The van der Waals surface area contributed by atoms with Gasteiger partial charge >= 0.3 is 0 Å². The Kier molecular flexibility index (Phi) is 15.9. The molecule has 1 saturated carbocycles. The minimum Gasteiger partial charge on any atom is -0.549 e. The molecule has 6 amide bonds. The van der Waals surface area contributed by atoms with Gasteiger partial charge in [0.25, 0.3) is 5.91 Å². The number of carboxylic acids is 1. The molecule has 6 rings (SSSR count). The fourth-order valence-electron chi connectivity index (χ4n) is 8.61. The number of anilines is 1. The number of amides is 6. The Hall–Kier alpha value is -6.43. The van der Waals surface area contributed by atoms with Gasteiger partial charge in [0, 0.05) is 52.6 Å². The van der Waals surface area contributed by atoms with E-state index in [0.717, 1.165) is 31.0 Å². The van der Waals surface area contributed by atoms with E-state index in [2.05, 4.69) is 21.3 Å². The van der Waals surface area contributed by atoms with Crippen molar-refractivity contribution in [2.45, 2.75) is 107 Å². The van der Waals surface area contributed by atoms with Crippen molar-refractivity contribution in [3.05, 3.63) is 96.0 Å². The van der Waals surface area contributed by atoms with E-state index in [9.17, 15) is 38.7 Å². The van der Waals surface area contributed by atoms with Gasteiger partial charge in [-0.3, -0.25) is 28.8 Å². The van der Waals surface area contributed by atoms with Crippen LogP contribution in [-0.2, 0) is 48.7 Å². The summed E-state index contributed by atoms with van der Waals surface area (Å²) in [4.78, 5) is 97.4. The number of carboxylic acid groups (broad SMARTS) is 1. The number of rotatable bonds is 19. The van der Waals surface area contributed by atoms with Crippen molar-refractivity contribution >= 4 is 69.8 Å². The molecule has 0 unspecified atom stereocenters. The number of para-hydroxylation sites is 1. The summed E-state index contributed by atoms with van der Waals surface area (Å²) in [5.74, 6) is -6.21. The van der Waals surface area contributed by atoms with Crippen LogP contribution in [0.15, 0.2) is 83.5 Å². The van der Waals surface area contributed by atoms with Crippen LogP contribution in [0.3, 0.4) is 0 Å². The minimum absolute atomic E-state index is 0.00100. The SMILES string of the molecule is C[n+]1cccc(C[C@H](NC(=O)[C@@H](NC(=O)[C@H](Cc2ccc(N)cc2)NC(=O)c2cc3ccccc3o2)C2CCCCC2)C(=O)N[C@H](C(=O)N2CCC[C@H]2C(N)=O)C(C)(C)SCC(=O)[O-])c1. The Balaban J connectivity index is 1.30. The summed E-state index contributed by atoms with van der Waals surface area (Å²) in [6, 6.07) is 13.2. The number of carbonyl (C=O) groups is 7. The number of likely N-dealkylation sites (tertiary alicyclic amines) is 1. The quantitative estimate of drug-likeness (QED) is 0.0575. The van der Waals surface area contributed by atoms with Crippen LogP contribution in [0.5, 0.6) is 0 Å². The zero-order valence-electron chi connectivity index (χ0n) is 36.9. The molecular formula is C47H58N8O9S. The largest absolute Gasteiger partial charge is 0.549 e. The van der Waals surface area contributed by atoms with E-state index < -0.39 is 82.1 Å². The molecule has 346 valence electrons. The predicted octanol–water partition coefficient (Wildman–Crippen LogP) is 1.20. The summed E-state index contributed by atoms with van der Waals surface area (Å²) in [6.45, 7) is 3.40. The van der Waals surface area contributed by atoms with E-state index in [-0.39, 0.29) is 31.1 Å². The van der Waals surface area contributed by atoms with Gasteiger partial charge in [-0.05, 0) is 81.3 Å². The van der Waals surface area contributed by atoms with Crippen molar-refractivity contribution in [2.24, 2.45) is 18.7 Å². The maximum atomic E-state index is 14.8. The Labute approximate surface area is 381 Å². The number of nitrogen functional groups attached to an aromatic ring is 1. The van der Waals surface area contributed by atoms with Gasteiger partial charge in [-0.1, -0.05) is 49.6 Å². The van der Waals surface area contributed by atoms with Gasteiger partial charge in [-0.15, -0.1) is 11.8 Å². The molecule has 0 radical (unpaired) electrons. The third kappa shape index (κ3) is 12.6. The second kappa shape index (κ2) is 21.5. The second-order valence-corrected chi connectivity index (χ2v) is 19.1. The number of thioether (sulfide) groups is 1. The molecule has 2 aliphatic rings. The highest BCUT2D eigenvalue weighted by atomic mass is 32.2. The van der Waals surface area contributed by atoms with Crippen molar-refractivity contribution < 1.29 is 47.7 Å². The van der Waals surface area contributed by atoms with Gasteiger partial charge < -0.3 is 52.0 Å². The van der Waals surface area contributed by atoms with Gasteiger partial charge in [0.2, 0.25) is 29.5 Å². The fourth-order valence-corrected chi connectivity index (χ4v) is 9.43. The summed E-state index contributed by atoms with van der Waals surface area (Å²) in [5.41, 5.74) is 14.0. The van der Waals surface area contributed by atoms with E-state index in [1.54, 1.807) is 98.5 Å². The number of benzene rings is 2. The average Bonchev–Trinajstić information content (AvgIpc) is 3.96. The topological polar surface area (TPSA) is 263 Å². The number of furan rings is 1. The molecule has 0 spiro atoms. The highest BCUT2D eigenvalue weighted by molar-refractivity contribution is 8.01. The summed E-state index contributed by atoms with van der Waals surface area (Å²) in [5, 5.41) is 23.8. The highest BCUT2D eigenvalue weighted by Gasteiger charge is 2.45. The maximum absolute atomic E-state index is 14.8. The molecule has 8 N–H and O–H groups in total. The molecule has 2 aromatic heterocycles. The lowest BCUT2D eigenvalue weighted by Crippen LogP contribution is -2.63. The van der Waals surface area contributed by atoms with E-state index in [0.29, 0.717) is 53.5 Å². The van der Waals surface area contributed by atoms with Crippen LogP contribution in [0.2, 0.25) is 0 Å². The number of aliphatic carboxylic acids is 1. The molecule has 4 aromatic rings. The molecule has 2 fully saturated rings. The van der Waals surface area contributed by atoms with Gasteiger partial charge in [0.1, 0.15) is 42.8 Å². The van der Waals surface area contributed by atoms with Crippen LogP contribution in [0.1, 0.15) is 80.5 Å².